The van der Waals surface area contributed by atoms with E-state index < -0.39 is 0 Å². The second kappa shape index (κ2) is 6.91. The van der Waals surface area contributed by atoms with E-state index in [0.717, 1.165) is 15.7 Å². The molecule has 2 amide bonds. The van der Waals surface area contributed by atoms with E-state index in [9.17, 15) is 9.59 Å². The molecule has 6 heteroatoms. The van der Waals surface area contributed by atoms with Crippen molar-refractivity contribution in [3.63, 3.8) is 0 Å². The Bertz CT molecular complexity index is 618. The van der Waals surface area contributed by atoms with Crippen molar-refractivity contribution < 1.29 is 14.3 Å². The number of carbonyl (C=O) groups is 2. The second-order valence-electron chi connectivity index (χ2n) is 6.24. The molecule has 2 rings (SSSR count). The third kappa shape index (κ3) is 3.68. The highest BCUT2D eigenvalue weighted by Gasteiger charge is 2.36. The number of anilines is 1. The summed E-state index contributed by atoms with van der Waals surface area (Å²) in [5.74, 6) is 0.00642. The van der Waals surface area contributed by atoms with Gasteiger partial charge in [0.15, 0.2) is 0 Å². The Labute approximate surface area is 145 Å². The van der Waals surface area contributed by atoms with Crippen molar-refractivity contribution >= 4 is 33.6 Å². The summed E-state index contributed by atoms with van der Waals surface area (Å²) < 4.78 is 6.24. The number of rotatable bonds is 2. The fraction of sp³-hybridized carbons (Fsp3) is 0.529. The van der Waals surface area contributed by atoms with E-state index in [1.54, 1.807) is 23.8 Å². The van der Waals surface area contributed by atoms with Crippen LogP contribution in [0.15, 0.2) is 22.7 Å². The Hall–Kier alpha value is -1.56. The quantitative estimate of drug-likeness (QED) is 0.772. The van der Waals surface area contributed by atoms with Crippen molar-refractivity contribution in [1.29, 1.82) is 0 Å². The van der Waals surface area contributed by atoms with Gasteiger partial charge in [0.25, 0.3) is 0 Å². The summed E-state index contributed by atoms with van der Waals surface area (Å²) in [4.78, 5) is 27.7. The number of amides is 2. The highest BCUT2D eigenvalue weighted by Crippen LogP contribution is 2.41. The van der Waals surface area contributed by atoms with Crippen LogP contribution < -0.4 is 4.90 Å². The molecule has 1 aliphatic rings. The van der Waals surface area contributed by atoms with Crippen LogP contribution in [0, 0.1) is 0 Å². The maximum atomic E-state index is 12.3. The predicted octanol–water partition coefficient (Wildman–Crippen LogP) is 4.11. The molecule has 0 fully saturated rings. The SMILES string of the molecule is CC(=O)N1c2ccc(Br)cc2[C@H](N(C)C(=O)OC(C)C)C[C@@H]1C. The van der Waals surface area contributed by atoms with Crippen LogP contribution in [0.4, 0.5) is 10.5 Å². The molecule has 0 unspecified atom stereocenters. The third-order valence-electron chi connectivity index (χ3n) is 4.04. The number of halogens is 1. The van der Waals surface area contributed by atoms with Crippen molar-refractivity contribution in [2.75, 3.05) is 11.9 Å². The van der Waals surface area contributed by atoms with E-state index in [2.05, 4.69) is 15.9 Å². The van der Waals surface area contributed by atoms with E-state index in [1.807, 2.05) is 39.0 Å². The average Bonchev–Trinajstić information content (AvgIpc) is 2.44. The molecule has 0 saturated heterocycles. The molecule has 126 valence electrons. The van der Waals surface area contributed by atoms with Gasteiger partial charge in [0.05, 0.1) is 12.1 Å². The molecule has 0 aliphatic carbocycles. The standard InChI is InChI=1S/C17H23BrN2O3/c1-10(2)23-17(22)19(5)16-8-11(3)20(12(4)21)15-7-6-13(18)9-14(15)16/h6-7,9-11,16H,8H2,1-5H3/t11-,16+/m0/s1. The first kappa shape index (κ1) is 17.8. The van der Waals surface area contributed by atoms with Crippen molar-refractivity contribution in [3.05, 3.63) is 28.2 Å². The van der Waals surface area contributed by atoms with E-state index in [-0.39, 0.29) is 30.2 Å². The van der Waals surface area contributed by atoms with Crippen LogP contribution in [0.2, 0.25) is 0 Å². The summed E-state index contributed by atoms with van der Waals surface area (Å²) in [6, 6.07) is 5.70. The predicted molar refractivity (Wildman–Crippen MR) is 93.5 cm³/mol. The van der Waals surface area contributed by atoms with Crippen LogP contribution in [0.5, 0.6) is 0 Å². The van der Waals surface area contributed by atoms with Crippen molar-refractivity contribution in [2.45, 2.75) is 52.3 Å². The normalized spacial score (nSPS) is 20.2. The van der Waals surface area contributed by atoms with Crippen LogP contribution in [0.1, 0.15) is 45.7 Å². The summed E-state index contributed by atoms with van der Waals surface area (Å²) in [5.41, 5.74) is 1.81. The van der Waals surface area contributed by atoms with Crippen LogP contribution in [0.3, 0.4) is 0 Å². The highest BCUT2D eigenvalue weighted by molar-refractivity contribution is 9.10. The zero-order valence-corrected chi connectivity index (χ0v) is 15.8. The van der Waals surface area contributed by atoms with Crippen LogP contribution >= 0.6 is 15.9 Å². The Morgan fingerprint density at radius 2 is 2.04 bits per heavy atom. The summed E-state index contributed by atoms with van der Waals surface area (Å²) in [6.07, 6.45) is 0.160. The molecule has 0 bridgehead atoms. The number of hydrogen-bond acceptors (Lipinski definition) is 3. The fourth-order valence-electron chi connectivity index (χ4n) is 3.06. The zero-order valence-electron chi connectivity index (χ0n) is 14.2. The Morgan fingerprint density at radius 1 is 1.39 bits per heavy atom. The van der Waals surface area contributed by atoms with Gasteiger partial charge in [-0.25, -0.2) is 4.79 Å². The molecule has 1 aromatic carbocycles. The lowest BCUT2D eigenvalue weighted by Gasteiger charge is -2.42. The van der Waals surface area contributed by atoms with Crippen LogP contribution in [-0.4, -0.2) is 36.1 Å². The maximum Gasteiger partial charge on any atom is 0.410 e. The Balaban J connectivity index is 2.42. The minimum absolute atomic E-state index is 0.00642. The first-order valence-corrected chi connectivity index (χ1v) is 8.54. The smallest absolute Gasteiger partial charge is 0.410 e. The number of nitrogens with zero attached hydrogens (tertiary/aromatic N) is 2. The van der Waals surface area contributed by atoms with E-state index in [4.69, 9.17) is 4.74 Å². The monoisotopic (exact) mass is 382 g/mol. The van der Waals surface area contributed by atoms with Gasteiger partial charge in [-0.1, -0.05) is 15.9 Å². The van der Waals surface area contributed by atoms with Crippen molar-refractivity contribution in [1.82, 2.24) is 4.90 Å². The molecule has 0 radical (unpaired) electrons. The first-order chi connectivity index (χ1) is 10.7. The third-order valence-corrected chi connectivity index (χ3v) is 4.54. The number of ether oxygens (including phenoxy) is 1. The molecule has 0 spiro atoms. The topological polar surface area (TPSA) is 49.9 Å². The Morgan fingerprint density at radius 3 is 2.61 bits per heavy atom. The maximum absolute atomic E-state index is 12.3. The molecule has 0 saturated carbocycles. The molecule has 23 heavy (non-hydrogen) atoms. The molecular formula is C17H23BrN2O3. The highest BCUT2D eigenvalue weighted by atomic mass is 79.9. The summed E-state index contributed by atoms with van der Waals surface area (Å²) in [7, 11) is 1.75. The van der Waals surface area contributed by atoms with E-state index in [1.165, 1.54) is 0 Å². The van der Waals surface area contributed by atoms with E-state index in [0.29, 0.717) is 6.42 Å². The van der Waals surface area contributed by atoms with Gasteiger partial charge in [-0.2, -0.15) is 0 Å². The van der Waals surface area contributed by atoms with Gasteiger partial charge in [0.2, 0.25) is 5.91 Å². The molecule has 1 aliphatic heterocycles. The minimum Gasteiger partial charge on any atom is -0.447 e. The van der Waals surface area contributed by atoms with Crippen LogP contribution in [0.25, 0.3) is 0 Å². The number of benzene rings is 1. The van der Waals surface area contributed by atoms with Gasteiger partial charge >= 0.3 is 6.09 Å². The molecule has 0 N–H and O–H groups in total. The molecule has 1 aromatic rings. The lowest BCUT2D eigenvalue weighted by atomic mass is 9.91. The molecule has 0 aromatic heterocycles. The van der Waals surface area contributed by atoms with Crippen LogP contribution in [-0.2, 0) is 9.53 Å². The lowest BCUT2D eigenvalue weighted by Crippen LogP contribution is -2.46. The minimum atomic E-state index is -0.348. The first-order valence-electron chi connectivity index (χ1n) is 7.75. The van der Waals surface area contributed by atoms with Gasteiger partial charge in [-0.15, -0.1) is 0 Å². The van der Waals surface area contributed by atoms with Crippen molar-refractivity contribution in [2.24, 2.45) is 0 Å². The van der Waals surface area contributed by atoms with Crippen molar-refractivity contribution in [3.8, 4) is 0 Å². The fourth-order valence-corrected chi connectivity index (χ4v) is 3.44. The number of hydrogen-bond donors (Lipinski definition) is 0. The van der Waals surface area contributed by atoms with Gasteiger partial charge < -0.3 is 14.5 Å². The average molecular weight is 383 g/mol. The Kier molecular flexibility index (Phi) is 5.34. The van der Waals surface area contributed by atoms with Gasteiger partial charge in [-0.05, 0) is 51.0 Å². The molecule has 2 atom stereocenters. The lowest BCUT2D eigenvalue weighted by molar-refractivity contribution is -0.117. The van der Waals surface area contributed by atoms with Gasteiger partial charge in [-0.3, -0.25) is 4.79 Å². The summed E-state index contributed by atoms with van der Waals surface area (Å²) in [5, 5.41) is 0. The summed E-state index contributed by atoms with van der Waals surface area (Å²) in [6.45, 7) is 7.23. The van der Waals surface area contributed by atoms with Gasteiger partial charge in [0.1, 0.15) is 0 Å². The van der Waals surface area contributed by atoms with Gasteiger partial charge in [0, 0.05) is 30.2 Å². The molecular weight excluding hydrogens is 360 g/mol. The summed E-state index contributed by atoms with van der Waals surface area (Å²) >= 11 is 3.48. The van der Waals surface area contributed by atoms with E-state index >= 15 is 0 Å². The second-order valence-corrected chi connectivity index (χ2v) is 7.15. The zero-order chi connectivity index (χ0) is 17.3. The largest absolute Gasteiger partial charge is 0.447 e. The molecule has 1 heterocycles. The number of carbonyl (C=O) groups excluding carboxylic acids is 2. The molecule has 5 nitrogen and oxygen atoms in total. The number of fused-ring (bicyclic) bond motifs is 1.